The molecule has 1 aromatic rings. The molecule has 1 fully saturated rings. The predicted molar refractivity (Wildman–Crippen MR) is 88.1 cm³/mol. The summed E-state index contributed by atoms with van der Waals surface area (Å²) in [6.45, 7) is 2.08. The van der Waals surface area contributed by atoms with Gasteiger partial charge in [0.05, 0.1) is 5.56 Å². The van der Waals surface area contributed by atoms with Crippen molar-refractivity contribution in [1.82, 2.24) is 4.90 Å². The number of nitrogens with one attached hydrogen (secondary N) is 1. The van der Waals surface area contributed by atoms with Crippen LogP contribution in [0.25, 0.3) is 0 Å². The summed E-state index contributed by atoms with van der Waals surface area (Å²) in [5, 5.41) is 14.1. The number of thiophene rings is 1. The van der Waals surface area contributed by atoms with E-state index in [1.807, 2.05) is 0 Å². The zero-order valence-electron chi connectivity index (χ0n) is 10.9. The van der Waals surface area contributed by atoms with E-state index < -0.39 is 0 Å². The summed E-state index contributed by atoms with van der Waals surface area (Å²) in [4.78, 5) is 14.0. The lowest BCUT2D eigenvalue weighted by atomic mass is 10.3. The van der Waals surface area contributed by atoms with Gasteiger partial charge in [0.25, 0.3) is 0 Å². The molecule has 4 nitrogen and oxygen atoms in total. The summed E-state index contributed by atoms with van der Waals surface area (Å²) in [6.07, 6.45) is 2.81. The molecule has 1 aliphatic heterocycles. The van der Waals surface area contributed by atoms with Gasteiger partial charge in [-0.25, -0.2) is 0 Å². The van der Waals surface area contributed by atoms with Gasteiger partial charge in [0.15, 0.2) is 0 Å². The summed E-state index contributed by atoms with van der Waals surface area (Å²) in [5.74, 6) is 0.606. The molecule has 2 rings (SSSR count). The van der Waals surface area contributed by atoms with Crippen molar-refractivity contribution in [3.8, 4) is 6.07 Å². The molecule has 0 radical (unpaired) electrons. The second kappa shape index (κ2) is 7.62. The fourth-order valence-corrected chi connectivity index (χ4v) is 3.92. The Balaban J connectivity index is 1.70. The Labute approximate surface area is 132 Å². The van der Waals surface area contributed by atoms with Gasteiger partial charge in [0.1, 0.15) is 15.4 Å². The summed E-state index contributed by atoms with van der Waals surface area (Å²) in [7, 11) is 0. The highest BCUT2D eigenvalue weighted by Crippen LogP contribution is 2.22. The van der Waals surface area contributed by atoms with E-state index in [-0.39, 0.29) is 5.91 Å². The maximum absolute atomic E-state index is 11.8. The Morgan fingerprint density at radius 1 is 1.55 bits per heavy atom. The van der Waals surface area contributed by atoms with Gasteiger partial charge in [-0.05, 0) is 24.3 Å². The molecule has 0 spiro atoms. The molecule has 2 heterocycles. The smallest absolute Gasteiger partial charge is 0.225 e. The van der Waals surface area contributed by atoms with E-state index in [0.717, 1.165) is 17.4 Å². The van der Waals surface area contributed by atoms with E-state index in [9.17, 15) is 4.79 Å². The van der Waals surface area contributed by atoms with Crippen molar-refractivity contribution in [3.05, 3.63) is 17.0 Å². The van der Waals surface area contributed by atoms with Gasteiger partial charge in [-0.1, -0.05) is 24.0 Å². The van der Waals surface area contributed by atoms with Gasteiger partial charge in [-0.3, -0.25) is 4.79 Å². The lowest BCUT2D eigenvalue weighted by Crippen LogP contribution is -2.24. The first-order chi connectivity index (χ1) is 9.70. The second-order valence-corrected chi connectivity index (χ2v) is 7.03. The van der Waals surface area contributed by atoms with Gasteiger partial charge in [-0.15, -0.1) is 11.3 Å². The molecular formula is C13H15N3OS3. The molecule has 106 valence electrons. The van der Waals surface area contributed by atoms with Crippen LogP contribution in [0, 0.1) is 11.3 Å². The number of amides is 1. The molecule has 0 atom stereocenters. The van der Waals surface area contributed by atoms with E-state index in [1.54, 1.807) is 23.2 Å². The largest absolute Gasteiger partial charge is 0.358 e. The molecule has 1 amide bonds. The fraction of sp³-hybridized carbons (Fsp3) is 0.462. The third-order valence-corrected chi connectivity index (χ3v) is 5.31. The first-order valence-corrected chi connectivity index (χ1v) is 8.67. The standard InChI is InChI=1S/C13H15N3OS3/c14-9-10-3-7-19-12(10)15-11(17)4-8-20-13(18)16-5-1-2-6-16/h3,7H,1-2,4-6,8H2,(H,15,17). The van der Waals surface area contributed by atoms with Crippen molar-refractivity contribution in [2.75, 3.05) is 24.2 Å². The molecule has 1 N–H and O–H groups in total. The maximum atomic E-state index is 11.8. The van der Waals surface area contributed by atoms with Crippen molar-refractivity contribution in [2.45, 2.75) is 19.3 Å². The van der Waals surface area contributed by atoms with Gasteiger partial charge >= 0.3 is 0 Å². The highest BCUT2D eigenvalue weighted by molar-refractivity contribution is 8.22. The molecule has 7 heteroatoms. The van der Waals surface area contributed by atoms with Crippen LogP contribution in [0.5, 0.6) is 0 Å². The molecule has 1 saturated heterocycles. The average Bonchev–Trinajstić information content (AvgIpc) is 3.09. The van der Waals surface area contributed by atoms with Crippen LogP contribution >= 0.6 is 35.3 Å². The number of nitrogens with zero attached hydrogens (tertiary/aromatic N) is 2. The molecule has 0 aromatic carbocycles. The number of likely N-dealkylation sites (tertiary alicyclic amines) is 1. The zero-order chi connectivity index (χ0) is 14.4. The van der Waals surface area contributed by atoms with Crippen LogP contribution in [-0.2, 0) is 4.79 Å². The van der Waals surface area contributed by atoms with Crippen LogP contribution in [-0.4, -0.2) is 34.0 Å². The van der Waals surface area contributed by atoms with Crippen LogP contribution in [0.2, 0.25) is 0 Å². The molecule has 0 unspecified atom stereocenters. The van der Waals surface area contributed by atoms with Gasteiger partial charge in [0, 0.05) is 25.3 Å². The number of anilines is 1. The monoisotopic (exact) mass is 325 g/mol. The Morgan fingerprint density at radius 3 is 3.00 bits per heavy atom. The SMILES string of the molecule is N#Cc1ccsc1NC(=O)CCSC(=S)N1CCCC1. The minimum absolute atomic E-state index is 0.0688. The van der Waals surface area contributed by atoms with Crippen LogP contribution in [0.1, 0.15) is 24.8 Å². The third-order valence-electron chi connectivity index (χ3n) is 2.96. The number of nitriles is 1. The molecule has 0 saturated carbocycles. The molecule has 0 aliphatic carbocycles. The number of rotatable bonds is 4. The number of hydrogen-bond donors (Lipinski definition) is 1. The molecule has 0 bridgehead atoms. The zero-order valence-corrected chi connectivity index (χ0v) is 13.4. The summed E-state index contributed by atoms with van der Waals surface area (Å²) < 4.78 is 0.893. The summed E-state index contributed by atoms with van der Waals surface area (Å²) in [6, 6.07) is 3.76. The van der Waals surface area contributed by atoms with Crippen molar-refractivity contribution >= 4 is 50.5 Å². The third kappa shape index (κ3) is 4.20. The van der Waals surface area contributed by atoms with Crippen LogP contribution in [0.3, 0.4) is 0 Å². The van der Waals surface area contributed by atoms with E-state index in [0.29, 0.717) is 22.7 Å². The maximum Gasteiger partial charge on any atom is 0.225 e. The average molecular weight is 325 g/mol. The summed E-state index contributed by atoms with van der Waals surface area (Å²) >= 11 is 8.26. The van der Waals surface area contributed by atoms with Crippen LogP contribution in [0.15, 0.2) is 11.4 Å². The minimum atomic E-state index is -0.0688. The highest BCUT2D eigenvalue weighted by Gasteiger charge is 2.15. The van der Waals surface area contributed by atoms with E-state index in [2.05, 4.69) is 16.3 Å². The lowest BCUT2D eigenvalue weighted by Gasteiger charge is -2.17. The van der Waals surface area contributed by atoms with Crippen LogP contribution in [0.4, 0.5) is 5.00 Å². The Morgan fingerprint density at radius 2 is 2.30 bits per heavy atom. The van der Waals surface area contributed by atoms with Crippen molar-refractivity contribution in [1.29, 1.82) is 5.26 Å². The van der Waals surface area contributed by atoms with Crippen molar-refractivity contribution in [3.63, 3.8) is 0 Å². The number of thioether (sulfide) groups is 1. The normalized spacial score (nSPS) is 14.1. The lowest BCUT2D eigenvalue weighted by molar-refractivity contribution is -0.115. The number of carbonyl (C=O) groups is 1. The molecule has 1 aliphatic rings. The first-order valence-electron chi connectivity index (χ1n) is 6.40. The van der Waals surface area contributed by atoms with Crippen molar-refractivity contribution in [2.24, 2.45) is 0 Å². The Kier molecular flexibility index (Phi) is 5.83. The van der Waals surface area contributed by atoms with Gasteiger partial charge in [0.2, 0.25) is 5.91 Å². The Bertz CT molecular complexity index is 529. The topological polar surface area (TPSA) is 56.1 Å². The summed E-state index contributed by atoms with van der Waals surface area (Å²) in [5.41, 5.74) is 0.517. The van der Waals surface area contributed by atoms with E-state index >= 15 is 0 Å². The molecule has 20 heavy (non-hydrogen) atoms. The molecule has 1 aromatic heterocycles. The minimum Gasteiger partial charge on any atom is -0.358 e. The number of carbonyl (C=O) groups excluding carboxylic acids is 1. The quantitative estimate of drug-likeness (QED) is 0.862. The Hall–Kier alpha value is -1.10. The van der Waals surface area contributed by atoms with Crippen molar-refractivity contribution < 1.29 is 4.79 Å². The molecular weight excluding hydrogens is 310 g/mol. The van der Waals surface area contributed by atoms with Gasteiger partial charge in [-0.2, -0.15) is 5.26 Å². The number of thiocarbonyl (C=S) groups is 1. The predicted octanol–water partition coefficient (Wildman–Crippen LogP) is 3.06. The fourth-order valence-electron chi connectivity index (χ4n) is 1.91. The van der Waals surface area contributed by atoms with Gasteiger partial charge < -0.3 is 10.2 Å². The highest BCUT2D eigenvalue weighted by atomic mass is 32.2. The first kappa shape index (κ1) is 15.3. The van der Waals surface area contributed by atoms with Crippen LogP contribution < -0.4 is 5.32 Å². The second-order valence-electron chi connectivity index (χ2n) is 4.38. The van der Waals surface area contributed by atoms with E-state index in [4.69, 9.17) is 17.5 Å². The number of hydrogen-bond acceptors (Lipinski definition) is 5. The van der Waals surface area contributed by atoms with E-state index in [1.165, 1.54) is 24.2 Å².